The summed E-state index contributed by atoms with van der Waals surface area (Å²) >= 11 is 11.3. The molecule has 2 aliphatic rings. The first-order valence-electron chi connectivity index (χ1n) is 6.69. The van der Waals surface area contributed by atoms with E-state index in [1.54, 1.807) is 0 Å². The molecule has 18 heavy (non-hydrogen) atoms. The summed E-state index contributed by atoms with van der Waals surface area (Å²) in [4.78, 5) is 0.511. The zero-order valence-corrected chi connectivity index (χ0v) is 15.2. The Bertz CT molecular complexity index is 457. The van der Waals surface area contributed by atoms with Gasteiger partial charge in [-0.3, -0.25) is 0 Å². The second-order valence-corrected chi connectivity index (χ2v) is 8.41. The molecule has 2 fully saturated rings. The lowest BCUT2D eigenvalue weighted by Crippen LogP contribution is -1.97. The molecule has 0 aliphatic heterocycles. The van der Waals surface area contributed by atoms with Gasteiger partial charge in [-0.1, -0.05) is 60.6 Å². The van der Waals surface area contributed by atoms with Crippen molar-refractivity contribution in [2.24, 2.45) is 17.8 Å². The summed E-state index contributed by atoms with van der Waals surface area (Å²) in [6.07, 6.45) is 5.77. The highest BCUT2D eigenvalue weighted by Crippen LogP contribution is 2.63. The van der Waals surface area contributed by atoms with Gasteiger partial charge >= 0.3 is 0 Å². The van der Waals surface area contributed by atoms with E-state index in [0.717, 1.165) is 17.8 Å². The van der Waals surface area contributed by atoms with Gasteiger partial charge in [-0.15, -0.1) is 0 Å². The number of rotatable bonds is 2. The molecule has 0 saturated heterocycles. The molecule has 0 heterocycles. The van der Waals surface area contributed by atoms with Gasteiger partial charge in [0, 0.05) is 13.8 Å². The zero-order valence-electron chi connectivity index (χ0n) is 10.4. The highest BCUT2D eigenvalue weighted by atomic mass is 79.9. The van der Waals surface area contributed by atoms with E-state index in [0.29, 0.717) is 4.83 Å². The van der Waals surface area contributed by atoms with Gasteiger partial charge in [0.15, 0.2) is 0 Å². The molecule has 98 valence electrons. The third-order valence-corrected chi connectivity index (χ3v) is 7.28. The second-order valence-electron chi connectivity index (χ2n) is 5.71. The van der Waals surface area contributed by atoms with Crippen LogP contribution in [0.3, 0.4) is 0 Å². The first-order valence-corrected chi connectivity index (χ1v) is 9.19. The number of hydrogen-bond donors (Lipinski definition) is 0. The van der Waals surface area contributed by atoms with Crippen molar-refractivity contribution in [3.63, 3.8) is 0 Å². The Morgan fingerprint density at radius 2 is 1.67 bits per heavy atom. The Morgan fingerprint density at radius 1 is 1.06 bits per heavy atom. The third-order valence-electron chi connectivity index (χ3n) is 4.64. The van der Waals surface area contributed by atoms with Crippen molar-refractivity contribution >= 4 is 47.8 Å². The molecule has 1 aromatic carbocycles. The van der Waals surface area contributed by atoms with E-state index in [9.17, 15) is 0 Å². The average Bonchev–Trinajstić information content (AvgIpc) is 3.07. The van der Waals surface area contributed by atoms with Crippen molar-refractivity contribution in [1.82, 2.24) is 0 Å². The molecule has 1 aromatic rings. The van der Waals surface area contributed by atoms with E-state index < -0.39 is 0 Å². The van der Waals surface area contributed by atoms with E-state index in [1.165, 1.54) is 45.8 Å². The number of benzene rings is 1. The molecule has 0 amide bonds. The standard InChI is InChI=1S/C15H17Br3/c1-8-6-13(17)11(7-12(8)16)15(18)14-9-4-2-3-5-10(9)14/h6-7,9-10,14-15H,2-5H2,1H3. The predicted octanol–water partition coefficient (Wildman–Crippen LogP) is 6.39. The van der Waals surface area contributed by atoms with Crippen LogP contribution in [-0.2, 0) is 0 Å². The monoisotopic (exact) mass is 434 g/mol. The Labute approximate surface area is 134 Å². The minimum Gasteiger partial charge on any atom is -0.0835 e. The van der Waals surface area contributed by atoms with Gasteiger partial charge in [0.05, 0.1) is 0 Å². The lowest BCUT2D eigenvalue weighted by Gasteiger charge is -2.14. The molecule has 2 saturated carbocycles. The van der Waals surface area contributed by atoms with E-state index in [4.69, 9.17) is 0 Å². The van der Waals surface area contributed by atoms with Gasteiger partial charge in [0.25, 0.3) is 0 Å². The molecule has 3 atom stereocenters. The summed E-state index contributed by atoms with van der Waals surface area (Å²) in [5, 5.41) is 0. The van der Waals surface area contributed by atoms with Gasteiger partial charge in [0.2, 0.25) is 0 Å². The normalized spacial score (nSPS) is 31.9. The van der Waals surface area contributed by atoms with Crippen molar-refractivity contribution in [2.45, 2.75) is 37.4 Å². The fourth-order valence-corrected chi connectivity index (χ4v) is 6.10. The number of aryl methyl sites for hydroxylation is 1. The van der Waals surface area contributed by atoms with Crippen LogP contribution in [-0.4, -0.2) is 0 Å². The van der Waals surface area contributed by atoms with Crippen LogP contribution >= 0.6 is 47.8 Å². The highest BCUT2D eigenvalue weighted by Gasteiger charge is 2.53. The average molecular weight is 437 g/mol. The van der Waals surface area contributed by atoms with Crippen molar-refractivity contribution in [2.75, 3.05) is 0 Å². The van der Waals surface area contributed by atoms with Gasteiger partial charge in [-0.05, 0) is 60.8 Å². The largest absolute Gasteiger partial charge is 0.0835 e. The van der Waals surface area contributed by atoms with Gasteiger partial charge in [-0.2, -0.15) is 0 Å². The maximum atomic E-state index is 3.96. The summed E-state index contributed by atoms with van der Waals surface area (Å²) in [6, 6.07) is 4.50. The molecule has 0 spiro atoms. The maximum Gasteiger partial charge on any atom is 0.0440 e. The molecule has 0 bridgehead atoms. The van der Waals surface area contributed by atoms with E-state index in [-0.39, 0.29) is 0 Å². The first kappa shape index (κ1) is 13.6. The van der Waals surface area contributed by atoms with Crippen molar-refractivity contribution < 1.29 is 0 Å². The fraction of sp³-hybridized carbons (Fsp3) is 0.600. The highest BCUT2D eigenvalue weighted by molar-refractivity contribution is 9.11. The number of halogens is 3. The molecule has 0 N–H and O–H groups in total. The molecule has 0 radical (unpaired) electrons. The van der Waals surface area contributed by atoms with E-state index >= 15 is 0 Å². The topological polar surface area (TPSA) is 0 Å². The Kier molecular flexibility index (Phi) is 3.95. The van der Waals surface area contributed by atoms with Crippen molar-refractivity contribution in [3.8, 4) is 0 Å². The summed E-state index contributed by atoms with van der Waals surface area (Å²) < 4.78 is 2.46. The SMILES string of the molecule is Cc1cc(Br)c(C(Br)C2C3CCCCC32)cc1Br. The molecular formula is C15H17Br3. The van der Waals surface area contributed by atoms with Gasteiger partial charge in [-0.25, -0.2) is 0 Å². The molecule has 2 aliphatic carbocycles. The van der Waals surface area contributed by atoms with Crippen LogP contribution in [0.15, 0.2) is 21.1 Å². The number of hydrogen-bond acceptors (Lipinski definition) is 0. The molecule has 3 unspecified atom stereocenters. The molecule has 3 rings (SSSR count). The van der Waals surface area contributed by atoms with Crippen LogP contribution in [0.5, 0.6) is 0 Å². The summed E-state index contributed by atoms with van der Waals surface area (Å²) in [7, 11) is 0. The van der Waals surface area contributed by atoms with Crippen LogP contribution in [0.25, 0.3) is 0 Å². The van der Waals surface area contributed by atoms with Crippen LogP contribution in [0, 0.1) is 24.7 Å². The predicted molar refractivity (Wildman–Crippen MR) is 87.2 cm³/mol. The molecule has 3 heteroatoms. The minimum absolute atomic E-state index is 0.511. The van der Waals surface area contributed by atoms with Crippen LogP contribution in [0.2, 0.25) is 0 Å². The van der Waals surface area contributed by atoms with Crippen LogP contribution < -0.4 is 0 Å². The second kappa shape index (κ2) is 5.21. The minimum atomic E-state index is 0.511. The summed E-state index contributed by atoms with van der Waals surface area (Å²) in [5.74, 6) is 2.82. The van der Waals surface area contributed by atoms with E-state index in [2.05, 4.69) is 66.8 Å². The quantitative estimate of drug-likeness (QED) is 0.471. The lowest BCUT2D eigenvalue weighted by molar-refractivity contribution is 0.480. The van der Waals surface area contributed by atoms with Crippen molar-refractivity contribution in [1.29, 1.82) is 0 Å². The van der Waals surface area contributed by atoms with Gasteiger partial charge in [0.1, 0.15) is 0 Å². The van der Waals surface area contributed by atoms with Crippen LogP contribution in [0.1, 0.15) is 41.6 Å². The first-order chi connectivity index (χ1) is 8.59. The molecule has 0 nitrogen and oxygen atoms in total. The summed E-state index contributed by atoms with van der Waals surface area (Å²) in [5.41, 5.74) is 2.70. The molecule has 0 aromatic heterocycles. The fourth-order valence-electron chi connectivity index (χ4n) is 3.56. The lowest BCUT2D eigenvalue weighted by atomic mass is 10.0. The van der Waals surface area contributed by atoms with E-state index in [1.807, 2.05) is 0 Å². The molecular weight excluding hydrogens is 420 g/mol. The van der Waals surface area contributed by atoms with Crippen LogP contribution in [0.4, 0.5) is 0 Å². The zero-order chi connectivity index (χ0) is 12.9. The van der Waals surface area contributed by atoms with Crippen molar-refractivity contribution in [3.05, 3.63) is 32.2 Å². The summed E-state index contributed by atoms with van der Waals surface area (Å²) in [6.45, 7) is 2.14. The number of alkyl halides is 1. The van der Waals surface area contributed by atoms with Gasteiger partial charge < -0.3 is 0 Å². The number of fused-ring (bicyclic) bond motifs is 1. The Hall–Kier alpha value is 0.660. The smallest absolute Gasteiger partial charge is 0.0440 e. The third kappa shape index (κ3) is 2.35. The Balaban J connectivity index is 1.85. The Morgan fingerprint density at radius 3 is 2.28 bits per heavy atom. The maximum absolute atomic E-state index is 3.96.